The summed E-state index contributed by atoms with van der Waals surface area (Å²) >= 11 is 0. The van der Waals surface area contributed by atoms with E-state index >= 15 is 0 Å². The second-order valence-electron chi connectivity index (χ2n) is 3.32. The molecule has 0 unspecified atom stereocenters. The van der Waals surface area contributed by atoms with Crippen molar-refractivity contribution in [2.75, 3.05) is 18.5 Å². The van der Waals surface area contributed by atoms with Crippen molar-refractivity contribution in [2.45, 2.75) is 0 Å². The minimum Gasteiger partial charge on any atom is -0.419 e. The van der Waals surface area contributed by atoms with Crippen LogP contribution in [-0.2, 0) is 0 Å². The van der Waals surface area contributed by atoms with E-state index < -0.39 is 0 Å². The molecule has 0 saturated heterocycles. The van der Waals surface area contributed by atoms with E-state index in [0.29, 0.717) is 18.3 Å². The molecule has 0 bridgehead atoms. The Morgan fingerprint density at radius 1 is 1.35 bits per heavy atom. The highest BCUT2D eigenvalue weighted by atomic mass is 16.4. The molecule has 5 heteroatoms. The van der Waals surface area contributed by atoms with E-state index in [0.717, 1.165) is 5.56 Å². The van der Waals surface area contributed by atoms with Crippen LogP contribution in [-0.4, -0.2) is 23.2 Å². The van der Waals surface area contributed by atoms with E-state index in [2.05, 4.69) is 10.3 Å². The summed E-state index contributed by atoms with van der Waals surface area (Å²) < 4.78 is 5.44. The summed E-state index contributed by atoms with van der Waals surface area (Å²) in [6.45, 7) is 0.282. The van der Waals surface area contributed by atoms with Gasteiger partial charge in [-0.25, -0.2) is 0 Å². The number of anilines is 1. The van der Waals surface area contributed by atoms with Gasteiger partial charge in [-0.15, -0.1) is 0 Å². The van der Waals surface area contributed by atoms with Gasteiger partial charge in [-0.1, -0.05) is 18.2 Å². The number of hydrogen-bond donors (Lipinski definition) is 2. The third kappa shape index (κ3) is 2.44. The number of aromatic nitrogens is 1. The average molecular weight is 229 g/mol. The molecular formula is C12H11N3O2. The number of rotatable bonds is 4. The Bertz CT molecular complexity index is 528. The third-order valence-electron chi connectivity index (χ3n) is 2.15. The second-order valence-corrected chi connectivity index (χ2v) is 3.32. The zero-order valence-electron chi connectivity index (χ0n) is 9.05. The molecule has 0 radical (unpaired) electrons. The number of benzene rings is 1. The highest BCUT2D eigenvalue weighted by Gasteiger charge is 2.13. The maximum absolute atomic E-state index is 8.90. The number of aliphatic hydroxyl groups is 1. The second kappa shape index (κ2) is 5.14. The number of nitrogens with one attached hydrogen (secondary N) is 1. The summed E-state index contributed by atoms with van der Waals surface area (Å²) in [4.78, 5) is 4.08. The van der Waals surface area contributed by atoms with Crippen LogP contribution in [0, 0.1) is 11.3 Å². The van der Waals surface area contributed by atoms with Gasteiger partial charge in [0.1, 0.15) is 6.07 Å². The van der Waals surface area contributed by atoms with E-state index in [-0.39, 0.29) is 12.3 Å². The molecule has 5 nitrogen and oxygen atoms in total. The number of nitriles is 1. The molecule has 1 aromatic heterocycles. The summed E-state index contributed by atoms with van der Waals surface area (Å²) in [7, 11) is 0. The fourth-order valence-corrected chi connectivity index (χ4v) is 1.39. The summed E-state index contributed by atoms with van der Waals surface area (Å²) in [5, 5.41) is 20.4. The minimum atomic E-state index is -0.0355. The summed E-state index contributed by atoms with van der Waals surface area (Å²) in [6.07, 6.45) is 0. The maximum Gasteiger partial charge on any atom is 0.232 e. The van der Waals surface area contributed by atoms with Crippen LogP contribution in [0.25, 0.3) is 11.5 Å². The van der Waals surface area contributed by atoms with Crippen molar-refractivity contribution in [1.29, 1.82) is 5.26 Å². The monoisotopic (exact) mass is 229 g/mol. The van der Waals surface area contributed by atoms with Crippen LogP contribution in [0.2, 0.25) is 0 Å². The molecule has 0 fully saturated rings. The predicted molar refractivity (Wildman–Crippen MR) is 62.2 cm³/mol. The van der Waals surface area contributed by atoms with Gasteiger partial charge in [-0.3, -0.25) is 0 Å². The van der Waals surface area contributed by atoms with Crippen molar-refractivity contribution in [3.05, 3.63) is 36.0 Å². The molecule has 2 aromatic rings. The lowest BCUT2D eigenvalue weighted by atomic mass is 10.2. The van der Waals surface area contributed by atoms with Gasteiger partial charge in [0.25, 0.3) is 0 Å². The van der Waals surface area contributed by atoms with Crippen molar-refractivity contribution in [3.8, 4) is 17.5 Å². The van der Waals surface area contributed by atoms with Gasteiger partial charge in [0.05, 0.1) is 6.61 Å². The van der Waals surface area contributed by atoms with Crippen molar-refractivity contribution < 1.29 is 9.52 Å². The molecule has 0 amide bonds. The summed E-state index contributed by atoms with van der Waals surface area (Å²) in [5.41, 5.74) is 0.998. The van der Waals surface area contributed by atoms with Crippen LogP contribution in [0.15, 0.2) is 34.7 Å². The first kappa shape index (κ1) is 11.2. The first-order valence-corrected chi connectivity index (χ1v) is 5.16. The lowest BCUT2D eigenvalue weighted by Crippen LogP contribution is -2.05. The Morgan fingerprint density at radius 2 is 2.12 bits per heavy atom. The number of nitrogens with zero attached hydrogens (tertiary/aromatic N) is 2. The van der Waals surface area contributed by atoms with Crippen LogP contribution in [0.1, 0.15) is 5.69 Å². The van der Waals surface area contributed by atoms with E-state index in [9.17, 15) is 0 Å². The SMILES string of the molecule is N#Cc1nc(-c2ccccc2)oc1NCCO. The van der Waals surface area contributed by atoms with Gasteiger partial charge in [-0.2, -0.15) is 10.2 Å². The van der Waals surface area contributed by atoms with E-state index in [4.69, 9.17) is 14.8 Å². The van der Waals surface area contributed by atoms with Crippen LogP contribution in [0.3, 0.4) is 0 Å². The zero-order valence-corrected chi connectivity index (χ0v) is 9.05. The van der Waals surface area contributed by atoms with Crippen molar-refractivity contribution in [1.82, 2.24) is 4.98 Å². The van der Waals surface area contributed by atoms with Crippen molar-refractivity contribution in [3.63, 3.8) is 0 Å². The number of oxazole rings is 1. The molecule has 2 N–H and O–H groups in total. The first-order chi connectivity index (χ1) is 8.35. The topological polar surface area (TPSA) is 82.1 Å². The minimum absolute atomic E-state index is 0.0355. The smallest absolute Gasteiger partial charge is 0.232 e. The molecule has 1 heterocycles. The highest BCUT2D eigenvalue weighted by Crippen LogP contribution is 2.24. The Morgan fingerprint density at radius 3 is 2.76 bits per heavy atom. The number of aliphatic hydroxyl groups excluding tert-OH is 1. The van der Waals surface area contributed by atoms with E-state index in [1.165, 1.54) is 0 Å². The molecular weight excluding hydrogens is 218 g/mol. The third-order valence-corrected chi connectivity index (χ3v) is 2.15. The van der Waals surface area contributed by atoms with Gasteiger partial charge in [-0.05, 0) is 12.1 Å². The van der Waals surface area contributed by atoms with E-state index in [1.54, 1.807) is 0 Å². The molecule has 2 rings (SSSR count). The molecule has 0 spiro atoms. The largest absolute Gasteiger partial charge is 0.419 e. The lowest BCUT2D eigenvalue weighted by Gasteiger charge is -1.98. The summed E-state index contributed by atoms with van der Waals surface area (Å²) in [5.74, 6) is 0.683. The summed E-state index contributed by atoms with van der Waals surface area (Å²) in [6, 6.07) is 11.3. The lowest BCUT2D eigenvalue weighted by molar-refractivity contribution is 0.310. The Hall–Kier alpha value is -2.32. The molecule has 0 aliphatic rings. The van der Waals surface area contributed by atoms with Crippen LogP contribution >= 0.6 is 0 Å². The van der Waals surface area contributed by atoms with Gasteiger partial charge >= 0.3 is 0 Å². The van der Waals surface area contributed by atoms with Gasteiger partial charge in [0.2, 0.25) is 17.5 Å². The van der Waals surface area contributed by atoms with Gasteiger partial charge < -0.3 is 14.8 Å². The Kier molecular flexibility index (Phi) is 3.38. The molecule has 86 valence electrons. The average Bonchev–Trinajstić information content (AvgIpc) is 2.80. The van der Waals surface area contributed by atoms with Gasteiger partial charge in [0.15, 0.2) is 0 Å². The number of hydrogen-bond acceptors (Lipinski definition) is 5. The quantitative estimate of drug-likeness (QED) is 0.832. The fraction of sp³-hybridized carbons (Fsp3) is 0.167. The highest BCUT2D eigenvalue weighted by molar-refractivity contribution is 5.58. The normalized spacial score (nSPS) is 9.88. The molecule has 17 heavy (non-hydrogen) atoms. The molecule has 1 aromatic carbocycles. The van der Waals surface area contributed by atoms with E-state index in [1.807, 2.05) is 36.4 Å². The molecule has 0 atom stereocenters. The predicted octanol–water partition coefficient (Wildman–Crippen LogP) is 1.62. The fourth-order valence-electron chi connectivity index (χ4n) is 1.39. The molecule has 0 aliphatic carbocycles. The van der Waals surface area contributed by atoms with Crippen LogP contribution in [0.5, 0.6) is 0 Å². The Balaban J connectivity index is 2.32. The van der Waals surface area contributed by atoms with Crippen LogP contribution in [0.4, 0.5) is 5.88 Å². The molecule has 0 aliphatic heterocycles. The standard InChI is InChI=1S/C12H11N3O2/c13-8-10-12(14-6-7-16)17-11(15-10)9-4-2-1-3-5-9/h1-5,14,16H,6-7H2. The van der Waals surface area contributed by atoms with Crippen LogP contribution < -0.4 is 5.32 Å². The zero-order chi connectivity index (χ0) is 12.1. The van der Waals surface area contributed by atoms with Crippen molar-refractivity contribution >= 4 is 5.88 Å². The maximum atomic E-state index is 8.90. The van der Waals surface area contributed by atoms with Crippen molar-refractivity contribution in [2.24, 2.45) is 0 Å². The first-order valence-electron chi connectivity index (χ1n) is 5.16. The van der Waals surface area contributed by atoms with Gasteiger partial charge in [0, 0.05) is 12.1 Å². The Labute approximate surface area is 98.3 Å². The molecule has 0 saturated carbocycles.